The predicted octanol–water partition coefficient (Wildman–Crippen LogP) is 4.88. The van der Waals surface area contributed by atoms with E-state index < -0.39 is 35.6 Å². The Labute approximate surface area is 238 Å². The monoisotopic (exact) mass is 581 g/mol. The van der Waals surface area contributed by atoms with Gasteiger partial charge in [-0.2, -0.15) is 18.4 Å². The number of anilines is 1. The van der Waals surface area contributed by atoms with Crippen molar-refractivity contribution in [1.29, 1.82) is 5.26 Å². The highest BCUT2D eigenvalue weighted by Gasteiger charge is 2.30. The Kier molecular flexibility index (Phi) is 8.87. The number of carbonyl (C=O) groups excluding carboxylic acids is 1. The van der Waals surface area contributed by atoms with Gasteiger partial charge in [0, 0.05) is 25.4 Å². The number of rotatable bonds is 9. The van der Waals surface area contributed by atoms with Crippen molar-refractivity contribution < 1.29 is 22.4 Å². The van der Waals surface area contributed by atoms with Crippen LogP contribution in [-0.4, -0.2) is 38.0 Å². The smallest absolute Gasteiger partial charge is 0.319 e. The summed E-state index contributed by atoms with van der Waals surface area (Å²) in [7, 11) is 1.71. The molecule has 0 unspecified atom stereocenters. The summed E-state index contributed by atoms with van der Waals surface area (Å²) in [6.07, 6.45) is -2.17. The zero-order valence-electron chi connectivity index (χ0n) is 23.0. The van der Waals surface area contributed by atoms with Gasteiger partial charge in [0.15, 0.2) is 5.82 Å². The summed E-state index contributed by atoms with van der Waals surface area (Å²) >= 11 is 0. The lowest BCUT2D eigenvalue weighted by molar-refractivity contribution is -0.141. The van der Waals surface area contributed by atoms with Crippen molar-refractivity contribution in [2.75, 3.05) is 11.9 Å². The number of hydrogen-bond donors (Lipinski definition) is 2. The molecule has 0 bridgehead atoms. The molecule has 13 heteroatoms. The summed E-state index contributed by atoms with van der Waals surface area (Å²) in [6.45, 7) is 2.99. The van der Waals surface area contributed by atoms with Crippen molar-refractivity contribution in [3.05, 3.63) is 87.9 Å². The van der Waals surface area contributed by atoms with Crippen molar-refractivity contribution >= 4 is 11.6 Å². The van der Waals surface area contributed by atoms with Crippen molar-refractivity contribution in [2.24, 2.45) is 13.0 Å². The molecule has 1 amide bonds. The maximum absolute atomic E-state index is 14.9. The molecular formula is C29H27F4N7O2. The van der Waals surface area contributed by atoms with Crippen LogP contribution in [0, 0.1) is 23.1 Å². The average molecular weight is 582 g/mol. The van der Waals surface area contributed by atoms with Crippen LogP contribution in [0.15, 0.2) is 59.8 Å². The van der Waals surface area contributed by atoms with Crippen molar-refractivity contribution in [2.45, 2.75) is 33.1 Å². The zero-order chi connectivity index (χ0) is 30.6. The zero-order valence-corrected chi connectivity index (χ0v) is 23.0. The normalized spacial score (nSPS) is 11.5. The Morgan fingerprint density at radius 3 is 2.52 bits per heavy atom. The molecule has 0 aliphatic heterocycles. The minimum Gasteiger partial charge on any atom is -0.319 e. The van der Waals surface area contributed by atoms with Crippen molar-refractivity contribution in [3.63, 3.8) is 0 Å². The van der Waals surface area contributed by atoms with Crippen LogP contribution in [0.4, 0.5) is 23.2 Å². The van der Waals surface area contributed by atoms with Gasteiger partial charge in [0.1, 0.15) is 24.3 Å². The van der Waals surface area contributed by atoms with E-state index in [1.54, 1.807) is 29.8 Å². The third kappa shape index (κ3) is 7.08. The lowest BCUT2D eigenvalue weighted by Gasteiger charge is -2.15. The summed E-state index contributed by atoms with van der Waals surface area (Å²) in [5.74, 6) is -1.20. The van der Waals surface area contributed by atoms with Gasteiger partial charge in [-0.3, -0.25) is 9.59 Å². The van der Waals surface area contributed by atoms with E-state index in [1.165, 1.54) is 24.5 Å². The molecule has 2 N–H and O–H groups in total. The highest BCUT2D eigenvalue weighted by Crippen LogP contribution is 2.34. The number of aromatic nitrogens is 4. The Bertz CT molecular complexity index is 1720. The topological polar surface area (TPSA) is 118 Å². The Morgan fingerprint density at radius 1 is 1.12 bits per heavy atom. The van der Waals surface area contributed by atoms with Crippen LogP contribution in [0.5, 0.6) is 0 Å². The maximum Gasteiger partial charge on any atom is 0.406 e. The van der Waals surface area contributed by atoms with Gasteiger partial charge in [0.25, 0.3) is 11.5 Å². The molecule has 0 fully saturated rings. The van der Waals surface area contributed by atoms with Crippen LogP contribution in [0.3, 0.4) is 0 Å². The van der Waals surface area contributed by atoms with E-state index in [2.05, 4.69) is 26.9 Å². The Hall–Kier alpha value is -4.83. The Balaban J connectivity index is 1.72. The van der Waals surface area contributed by atoms with Gasteiger partial charge in [-0.25, -0.2) is 4.39 Å². The highest BCUT2D eigenvalue weighted by atomic mass is 19.4. The van der Waals surface area contributed by atoms with Crippen LogP contribution >= 0.6 is 0 Å². The first kappa shape index (κ1) is 30.1. The van der Waals surface area contributed by atoms with Gasteiger partial charge >= 0.3 is 6.18 Å². The number of hydrogen-bond acceptors (Lipinski definition) is 6. The summed E-state index contributed by atoms with van der Waals surface area (Å²) in [5, 5.41) is 22.8. The van der Waals surface area contributed by atoms with Gasteiger partial charge in [0.05, 0.1) is 17.3 Å². The fourth-order valence-electron chi connectivity index (χ4n) is 4.33. The number of pyridine rings is 1. The van der Waals surface area contributed by atoms with E-state index in [4.69, 9.17) is 0 Å². The third-order valence-corrected chi connectivity index (χ3v) is 6.25. The number of nitrogens with one attached hydrogen (secondary N) is 2. The quantitative estimate of drug-likeness (QED) is 0.272. The molecule has 2 aromatic carbocycles. The minimum atomic E-state index is -4.70. The minimum absolute atomic E-state index is 0.115. The first-order valence-electron chi connectivity index (χ1n) is 12.9. The highest BCUT2D eigenvalue weighted by molar-refractivity contribution is 6.04. The summed E-state index contributed by atoms with van der Waals surface area (Å²) < 4.78 is 56.6. The first-order valence-corrected chi connectivity index (χ1v) is 12.9. The molecule has 0 radical (unpaired) electrons. The van der Waals surface area contributed by atoms with E-state index in [1.807, 2.05) is 13.8 Å². The van der Waals surface area contributed by atoms with Crippen molar-refractivity contribution in [3.8, 4) is 28.6 Å². The number of carbonyl (C=O) groups is 1. The second kappa shape index (κ2) is 12.4. The third-order valence-electron chi connectivity index (χ3n) is 6.25. The number of amides is 1. The molecular weight excluding hydrogens is 554 g/mol. The number of nitrogens with zero attached hydrogens (tertiary/aromatic N) is 5. The lowest BCUT2D eigenvalue weighted by atomic mass is 9.96. The molecule has 4 rings (SSSR count). The molecule has 0 saturated carbocycles. The SMILES string of the molecule is CC(C)CNCc1cc(C(=O)Nc2cc(-c3ccc(C#N)cc3-c3nncn3C)ccc2F)c(=O)n(CC(F)(F)F)c1. The first-order chi connectivity index (χ1) is 19.9. The molecule has 9 nitrogen and oxygen atoms in total. The molecule has 2 aromatic heterocycles. The van der Waals surface area contributed by atoms with Crippen LogP contribution in [-0.2, 0) is 20.1 Å². The number of benzene rings is 2. The molecule has 0 aliphatic rings. The van der Waals surface area contributed by atoms with Gasteiger partial charge < -0.3 is 19.8 Å². The average Bonchev–Trinajstić information content (AvgIpc) is 3.35. The summed E-state index contributed by atoms with van der Waals surface area (Å²) in [5.41, 5.74) is 0.124. The van der Waals surface area contributed by atoms with Crippen LogP contribution in [0.1, 0.15) is 35.3 Å². The predicted molar refractivity (Wildman–Crippen MR) is 148 cm³/mol. The van der Waals surface area contributed by atoms with Crippen LogP contribution in [0.25, 0.3) is 22.5 Å². The number of aryl methyl sites for hydroxylation is 1. The molecule has 218 valence electrons. The van der Waals surface area contributed by atoms with Gasteiger partial charge in [-0.15, -0.1) is 10.2 Å². The number of nitriles is 1. The van der Waals surface area contributed by atoms with Gasteiger partial charge in [-0.05, 0) is 59.5 Å². The molecule has 0 aliphatic carbocycles. The van der Waals surface area contributed by atoms with E-state index >= 15 is 0 Å². The van der Waals surface area contributed by atoms with E-state index in [9.17, 15) is 32.4 Å². The molecule has 0 spiro atoms. The fraction of sp³-hybridized carbons (Fsp3) is 0.276. The van der Waals surface area contributed by atoms with E-state index in [0.717, 1.165) is 12.3 Å². The molecule has 0 atom stereocenters. The van der Waals surface area contributed by atoms with Gasteiger partial charge in [0.2, 0.25) is 0 Å². The van der Waals surface area contributed by atoms with Gasteiger partial charge in [-0.1, -0.05) is 26.0 Å². The molecule has 42 heavy (non-hydrogen) atoms. The molecule has 4 aromatic rings. The second-order valence-corrected chi connectivity index (χ2v) is 10.1. The summed E-state index contributed by atoms with van der Waals surface area (Å²) in [6, 6.07) is 12.0. The second-order valence-electron chi connectivity index (χ2n) is 10.1. The molecule has 2 heterocycles. The Morgan fingerprint density at radius 2 is 1.88 bits per heavy atom. The fourth-order valence-corrected chi connectivity index (χ4v) is 4.33. The number of alkyl halides is 3. The van der Waals surface area contributed by atoms with E-state index in [0.29, 0.717) is 39.2 Å². The molecule has 0 saturated heterocycles. The largest absolute Gasteiger partial charge is 0.406 e. The van der Waals surface area contributed by atoms with E-state index in [-0.39, 0.29) is 23.7 Å². The standard InChI is InChI=1S/C29H27F4N7O2/c1-17(2)12-35-13-19-9-23(28(42)40(14-19)15-29(31,32)33)27(41)37-25-10-20(5-7-24(25)30)21-6-4-18(11-34)8-22(21)26-38-36-16-39(26)3/h4-10,14,16-17,35H,12-13,15H2,1-3H3,(H,37,41). The van der Waals surface area contributed by atoms with Crippen LogP contribution < -0.4 is 16.2 Å². The van der Waals surface area contributed by atoms with Crippen LogP contribution in [0.2, 0.25) is 0 Å². The number of halogens is 4. The summed E-state index contributed by atoms with van der Waals surface area (Å²) in [4.78, 5) is 26.1. The van der Waals surface area contributed by atoms with Crippen molar-refractivity contribution in [1.82, 2.24) is 24.6 Å². The maximum atomic E-state index is 14.9. The lowest BCUT2D eigenvalue weighted by Crippen LogP contribution is -2.34.